The van der Waals surface area contributed by atoms with E-state index in [0.29, 0.717) is 11.4 Å². The molecule has 0 aromatic rings. The van der Waals surface area contributed by atoms with Crippen molar-refractivity contribution < 1.29 is 0 Å². The van der Waals surface area contributed by atoms with Gasteiger partial charge in [0.15, 0.2) is 0 Å². The molecule has 0 saturated carbocycles. The highest BCUT2D eigenvalue weighted by Crippen LogP contribution is 2.06. The molecule has 0 aliphatic carbocycles. The fraction of sp³-hybridized carbons (Fsp3) is 0.333. The largest absolute Gasteiger partial charge is 0.260 e. The number of nitrogens with zero attached hydrogens (tertiary/aromatic N) is 2. The van der Waals surface area contributed by atoms with Crippen molar-refractivity contribution in [3.8, 4) is 0 Å². The summed E-state index contributed by atoms with van der Waals surface area (Å²) in [5.74, 6) is 0. The summed E-state index contributed by atoms with van der Waals surface area (Å²) in [6.07, 6.45) is 4.37. The Balaban J connectivity index is 4.04. The van der Waals surface area contributed by atoms with Gasteiger partial charge in [0.2, 0.25) is 0 Å². The molecule has 0 aromatic carbocycles. The van der Waals surface area contributed by atoms with E-state index in [1.165, 1.54) is 0 Å². The number of aliphatic imine (C=N–C) groups is 2. The summed E-state index contributed by atoms with van der Waals surface area (Å²) < 4.78 is 0. The average Bonchev–Trinajstić information content (AvgIpc) is 2.00. The van der Waals surface area contributed by atoms with Crippen LogP contribution in [0.1, 0.15) is 20.3 Å². The summed E-state index contributed by atoms with van der Waals surface area (Å²) in [4.78, 5) is 7.97. The first kappa shape index (κ1) is 9.82. The Hall–Kier alpha value is -1.18. The maximum absolute atomic E-state index is 4.03. The standard InChI is InChI=1S/C9H14N2/c1-5-7-11-9(4)8(3)10-6-2/h6-7H,3-5H2,1-2H3. The highest BCUT2D eigenvalue weighted by atomic mass is 14.8. The van der Waals surface area contributed by atoms with Crippen molar-refractivity contribution in [3.05, 3.63) is 24.6 Å². The second-order valence-electron chi connectivity index (χ2n) is 2.00. The lowest BCUT2D eigenvalue weighted by Crippen LogP contribution is -1.80. The SMILES string of the molecule is C=C(N=CC)C(=C)N=CCC. The van der Waals surface area contributed by atoms with Gasteiger partial charge in [0.1, 0.15) is 0 Å². The van der Waals surface area contributed by atoms with Crippen LogP contribution in [0.2, 0.25) is 0 Å². The summed E-state index contributed by atoms with van der Waals surface area (Å²) in [7, 11) is 0. The van der Waals surface area contributed by atoms with Crippen molar-refractivity contribution in [2.24, 2.45) is 9.98 Å². The molecule has 0 saturated heterocycles. The van der Waals surface area contributed by atoms with Crippen LogP contribution in [0, 0.1) is 0 Å². The summed E-state index contributed by atoms with van der Waals surface area (Å²) in [5.41, 5.74) is 1.25. The van der Waals surface area contributed by atoms with Gasteiger partial charge in [-0.1, -0.05) is 20.1 Å². The van der Waals surface area contributed by atoms with Crippen molar-refractivity contribution in [3.63, 3.8) is 0 Å². The minimum absolute atomic E-state index is 0.622. The molecule has 0 aliphatic rings. The van der Waals surface area contributed by atoms with Crippen LogP contribution in [0.5, 0.6) is 0 Å². The van der Waals surface area contributed by atoms with E-state index >= 15 is 0 Å². The van der Waals surface area contributed by atoms with Crippen LogP contribution in [-0.2, 0) is 0 Å². The lowest BCUT2D eigenvalue weighted by molar-refractivity contribution is 1.24. The zero-order chi connectivity index (χ0) is 8.69. The third-order valence-electron chi connectivity index (χ3n) is 1.05. The number of rotatable bonds is 4. The fourth-order valence-electron chi connectivity index (χ4n) is 0.506. The molecule has 0 bridgehead atoms. The Morgan fingerprint density at radius 1 is 1.27 bits per heavy atom. The monoisotopic (exact) mass is 150 g/mol. The minimum atomic E-state index is 0.622. The molecular weight excluding hydrogens is 136 g/mol. The first-order valence-electron chi connectivity index (χ1n) is 3.61. The smallest absolute Gasteiger partial charge is 0.0804 e. The van der Waals surface area contributed by atoms with E-state index in [0.717, 1.165) is 6.42 Å². The molecule has 0 heterocycles. The average molecular weight is 150 g/mol. The molecule has 0 aromatic heterocycles. The normalized spacial score (nSPS) is 11.1. The van der Waals surface area contributed by atoms with Crippen molar-refractivity contribution >= 4 is 12.4 Å². The lowest BCUT2D eigenvalue weighted by Gasteiger charge is -1.95. The van der Waals surface area contributed by atoms with E-state index in [9.17, 15) is 0 Å². The van der Waals surface area contributed by atoms with E-state index in [-0.39, 0.29) is 0 Å². The topological polar surface area (TPSA) is 24.7 Å². The Morgan fingerprint density at radius 3 is 2.27 bits per heavy atom. The van der Waals surface area contributed by atoms with Crippen molar-refractivity contribution in [2.45, 2.75) is 20.3 Å². The van der Waals surface area contributed by atoms with Crippen LogP contribution in [0.4, 0.5) is 0 Å². The number of hydrogen-bond acceptors (Lipinski definition) is 2. The molecule has 0 aliphatic heterocycles. The molecule has 0 atom stereocenters. The summed E-state index contributed by atoms with van der Waals surface area (Å²) in [6, 6.07) is 0. The van der Waals surface area contributed by atoms with Gasteiger partial charge in [-0.2, -0.15) is 0 Å². The van der Waals surface area contributed by atoms with Gasteiger partial charge in [0.05, 0.1) is 11.4 Å². The maximum Gasteiger partial charge on any atom is 0.0804 e. The maximum atomic E-state index is 4.03. The lowest BCUT2D eigenvalue weighted by atomic mass is 10.4. The Bertz CT molecular complexity index is 200. The van der Waals surface area contributed by atoms with Crippen LogP contribution < -0.4 is 0 Å². The Labute approximate surface area is 68.1 Å². The van der Waals surface area contributed by atoms with Crippen LogP contribution in [0.25, 0.3) is 0 Å². The molecule has 0 unspecified atom stereocenters. The summed E-state index contributed by atoms with van der Waals surface area (Å²) >= 11 is 0. The third kappa shape index (κ3) is 4.25. The fourth-order valence-corrected chi connectivity index (χ4v) is 0.506. The second kappa shape index (κ2) is 5.59. The zero-order valence-corrected chi connectivity index (χ0v) is 7.17. The second-order valence-corrected chi connectivity index (χ2v) is 2.00. The Kier molecular flexibility index (Phi) is 4.99. The van der Waals surface area contributed by atoms with E-state index in [4.69, 9.17) is 0 Å². The highest BCUT2D eigenvalue weighted by Gasteiger charge is 1.90. The van der Waals surface area contributed by atoms with Crippen LogP contribution in [-0.4, -0.2) is 12.4 Å². The van der Waals surface area contributed by atoms with Gasteiger partial charge in [0.25, 0.3) is 0 Å². The molecule has 0 spiro atoms. The zero-order valence-electron chi connectivity index (χ0n) is 7.17. The molecule has 0 radical (unpaired) electrons. The molecule has 11 heavy (non-hydrogen) atoms. The van der Waals surface area contributed by atoms with Crippen LogP contribution in [0.3, 0.4) is 0 Å². The van der Waals surface area contributed by atoms with Gasteiger partial charge in [-0.25, -0.2) is 0 Å². The molecule has 2 nitrogen and oxygen atoms in total. The molecule has 2 heteroatoms. The van der Waals surface area contributed by atoms with Gasteiger partial charge in [-0.3, -0.25) is 9.98 Å². The van der Waals surface area contributed by atoms with Crippen LogP contribution in [0.15, 0.2) is 34.5 Å². The molecule has 0 fully saturated rings. The number of hydrogen-bond donors (Lipinski definition) is 0. The first-order chi connectivity index (χ1) is 5.22. The Morgan fingerprint density at radius 2 is 1.82 bits per heavy atom. The van der Waals surface area contributed by atoms with Crippen LogP contribution >= 0.6 is 0 Å². The van der Waals surface area contributed by atoms with Gasteiger partial charge in [-0.15, -0.1) is 0 Å². The quantitative estimate of drug-likeness (QED) is 0.434. The minimum Gasteiger partial charge on any atom is -0.260 e. The van der Waals surface area contributed by atoms with E-state index in [1.807, 2.05) is 13.8 Å². The predicted octanol–water partition coefficient (Wildman–Crippen LogP) is 2.59. The van der Waals surface area contributed by atoms with Gasteiger partial charge in [0, 0.05) is 12.4 Å². The van der Waals surface area contributed by atoms with Gasteiger partial charge < -0.3 is 0 Å². The van der Waals surface area contributed by atoms with E-state index in [1.54, 1.807) is 12.4 Å². The molecular formula is C9H14N2. The van der Waals surface area contributed by atoms with Gasteiger partial charge >= 0.3 is 0 Å². The van der Waals surface area contributed by atoms with Crippen molar-refractivity contribution in [1.29, 1.82) is 0 Å². The molecule has 0 N–H and O–H groups in total. The summed E-state index contributed by atoms with van der Waals surface area (Å²) in [5, 5.41) is 0. The predicted molar refractivity (Wildman–Crippen MR) is 51.2 cm³/mol. The van der Waals surface area contributed by atoms with Gasteiger partial charge in [-0.05, 0) is 13.3 Å². The van der Waals surface area contributed by atoms with Crippen molar-refractivity contribution in [2.75, 3.05) is 0 Å². The van der Waals surface area contributed by atoms with E-state index in [2.05, 4.69) is 23.1 Å². The highest BCUT2D eigenvalue weighted by molar-refractivity contribution is 5.61. The molecule has 0 rings (SSSR count). The third-order valence-corrected chi connectivity index (χ3v) is 1.05. The first-order valence-corrected chi connectivity index (χ1v) is 3.61. The summed E-state index contributed by atoms with van der Waals surface area (Å²) in [6.45, 7) is 11.2. The van der Waals surface area contributed by atoms with E-state index < -0.39 is 0 Å². The molecule has 60 valence electrons. The van der Waals surface area contributed by atoms with Crippen molar-refractivity contribution in [1.82, 2.24) is 0 Å². The molecule has 0 amide bonds.